The number of carbonyl (C=O) groups is 1. The van der Waals surface area contributed by atoms with Gasteiger partial charge in [0.25, 0.3) is 0 Å². The molecule has 18 heavy (non-hydrogen) atoms. The van der Waals surface area contributed by atoms with E-state index in [2.05, 4.69) is 0 Å². The number of hydrogen-bond acceptors (Lipinski definition) is 2. The van der Waals surface area contributed by atoms with Crippen LogP contribution in [0.5, 0.6) is 0 Å². The maximum absolute atomic E-state index is 13.4. The van der Waals surface area contributed by atoms with Crippen molar-refractivity contribution in [2.24, 2.45) is 5.73 Å². The van der Waals surface area contributed by atoms with Gasteiger partial charge < -0.3 is 10.8 Å². The van der Waals surface area contributed by atoms with Crippen molar-refractivity contribution >= 4 is 5.97 Å². The Kier molecular flexibility index (Phi) is 4.84. The van der Waals surface area contributed by atoms with Crippen LogP contribution >= 0.6 is 0 Å². The Morgan fingerprint density at radius 1 is 1.50 bits per heavy atom. The smallest absolute Gasteiger partial charge is 0.304 e. The Hall–Kier alpha value is -1.42. The molecule has 3 N–H and O–H groups in total. The maximum atomic E-state index is 13.4. The molecule has 4 heteroatoms. The van der Waals surface area contributed by atoms with Crippen LogP contribution in [0, 0.1) is 5.82 Å². The van der Waals surface area contributed by atoms with Gasteiger partial charge in [0.1, 0.15) is 5.82 Å². The Balaban J connectivity index is 3.29. The second-order valence-corrected chi connectivity index (χ2v) is 4.61. The molecule has 0 saturated heterocycles. The van der Waals surface area contributed by atoms with Crippen molar-refractivity contribution in [2.75, 3.05) is 0 Å². The van der Waals surface area contributed by atoms with Gasteiger partial charge in [-0.1, -0.05) is 26.0 Å². The largest absolute Gasteiger partial charge is 0.481 e. The summed E-state index contributed by atoms with van der Waals surface area (Å²) in [5, 5.41) is 9.11. The summed E-state index contributed by atoms with van der Waals surface area (Å²) in [6, 6.07) is 5.79. The van der Waals surface area contributed by atoms with Crippen LogP contribution in [-0.4, -0.2) is 17.1 Å². The molecule has 2 atom stereocenters. The van der Waals surface area contributed by atoms with E-state index in [-0.39, 0.29) is 18.3 Å². The summed E-state index contributed by atoms with van der Waals surface area (Å²) in [5.41, 5.74) is 6.07. The molecule has 0 aliphatic carbocycles. The number of hydrogen-bond donors (Lipinski definition) is 2. The fraction of sp³-hybridized carbons (Fsp3) is 0.500. The number of nitrogens with two attached hydrogens (primary N) is 1. The lowest BCUT2D eigenvalue weighted by Gasteiger charge is -2.37. The Bertz CT molecular complexity index is 422. The molecule has 100 valence electrons. The topological polar surface area (TPSA) is 63.3 Å². The molecular weight excluding hydrogens is 233 g/mol. The summed E-state index contributed by atoms with van der Waals surface area (Å²) in [4.78, 5) is 11.1. The van der Waals surface area contributed by atoms with Crippen molar-refractivity contribution in [1.29, 1.82) is 0 Å². The van der Waals surface area contributed by atoms with Gasteiger partial charge in [-0.25, -0.2) is 4.39 Å². The predicted octanol–water partition coefficient (Wildman–Crippen LogP) is 2.69. The summed E-state index contributed by atoms with van der Waals surface area (Å²) < 4.78 is 13.4. The van der Waals surface area contributed by atoms with Crippen molar-refractivity contribution < 1.29 is 14.3 Å². The Morgan fingerprint density at radius 2 is 2.17 bits per heavy atom. The fourth-order valence-corrected chi connectivity index (χ4v) is 2.50. The Labute approximate surface area is 107 Å². The molecule has 1 aromatic carbocycles. The van der Waals surface area contributed by atoms with Crippen LogP contribution in [0.3, 0.4) is 0 Å². The third-order valence-electron chi connectivity index (χ3n) is 3.65. The first-order valence-electron chi connectivity index (χ1n) is 6.19. The average Bonchev–Trinajstić information content (AvgIpc) is 2.34. The van der Waals surface area contributed by atoms with Crippen molar-refractivity contribution in [1.82, 2.24) is 0 Å². The van der Waals surface area contributed by atoms with E-state index in [9.17, 15) is 9.18 Å². The quantitative estimate of drug-likeness (QED) is 0.819. The number of aliphatic carboxylic acids is 1. The van der Waals surface area contributed by atoms with Gasteiger partial charge in [-0.2, -0.15) is 0 Å². The minimum absolute atomic E-state index is 0.0814. The third-order valence-corrected chi connectivity index (χ3v) is 3.65. The fourth-order valence-electron chi connectivity index (χ4n) is 2.50. The summed E-state index contributed by atoms with van der Waals surface area (Å²) in [5.74, 6) is -1.27. The van der Waals surface area contributed by atoms with Gasteiger partial charge in [0, 0.05) is 11.5 Å². The molecule has 0 spiro atoms. The van der Waals surface area contributed by atoms with Crippen molar-refractivity contribution in [3.63, 3.8) is 0 Å². The molecule has 0 fully saturated rings. The van der Waals surface area contributed by atoms with Gasteiger partial charge in [-0.3, -0.25) is 4.79 Å². The van der Waals surface area contributed by atoms with Gasteiger partial charge in [0.2, 0.25) is 0 Å². The normalized spacial score (nSPS) is 16.0. The van der Waals surface area contributed by atoms with E-state index in [1.807, 2.05) is 13.8 Å². The zero-order valence-electron chi connectivity index (χ0n) is 10.8. The lowest BCUT2D eigenvalue weighted by atomic mass is 9.69. The molecule has 0 aliphatic rings. The summed E-state index contributed by atoms with van der Waals surface area (Å²) >= 11 is 0. The minimum atomic E-state index is -0.912. The average molecular weight is 253 g/mol. The molecule has 1 aromatic rings. The van der Waals surface area contributed by atoms with Crippen LogP contribution in [0.25, 0.3) is 0 Å². The van der Waals surface area contributed by atoms with Crippen molar-refractivity contribution in [3.05, 3.63) is 35.6 Å². The van der Waals surface area contributed by atoms with E-state index in [4.69, 9.17) is 10.8 Å². The van der Waals surface area contributed by atoms with Gasteiger partial charge in [-0.05, 0) is 30.5 Å². The van der Waals surface area contributed by atoms with Crippen molar-refractivity contribution in [2.45, 2.75) is 44.6 Å². The summed E-state index contributed by atoms with van der Waals surface area (Å²) in [6.45, 7) is 3.81. The van der Waals surface area contributed by atoms with E-state index in [1.54, 1.807) is 12.1 Å². The molecule has 2 unspecified atom stereocenters. The third kappa shape index (κ3) is 2.88. The lowest BCUT2D eigenvalue weighted by molar-refractivity contribution is -0.138. The maximum Gasteiger partial charge on any atom is 0.304 e. The van der Waals surface area contributed by atoms with Crippen LogP contribution in [0.1, 0.15) is 38.7 Å². The predicted molar refractivity (Wildman–Crippen MR) is 68.9 cm³/mol. The van der Waals surface area contributed by atoms with Gasteiger partial charge >= 0.3 is 5.97 Å². The van der Waals surface area contributed by atoms with Gasteiger partial charge in [0.15, 0.2) is 0 Å². The van der Waals surface area contributed by atoms with E-state index >= 15 is 0 Å². The highest BCUT2D eigenvalue weighted by Gasteiger charge is 2.38. The van der Waals surface area contributed by atoms with Crippen LogP contribution in [-0.2, 0) is 10.2 Å². The van der Waals surface area contributed by atoms with Gasteiger partial charge in [0.05, 0.1) is 6.42 Å². The first-order valence-corrected chi connectivity index (χ1v) is 6.19. The lowest BCUT2D eigenvalue weighted by Crippen LogP contribution is -2.46. The number of carboxylic acids is 1. The highest BCUT2D eigenvalue weighted by atomic mass is 19.1. The van der Waals surface area contributed by atoms with Crippen molar-refractivity contribution in [3.8, 4) is 0 Å². The summed E-state index contributed by atoms with van der Waals surface area (Å²) in [6.07, 6.45) is 1.14. The molecule has 0 amide bonds. The van der Waals surface area contributed by atoms with Crippen LogP contribution in [0.15, 0.2) is 24.3 Å². The SMILES string of the molecule is CCC(N)C(CC)(CC(=O)O)c1cccc(F)c1. The standard InChI is InChI=1S/C14H20FNO2/c1-3-12(16)14(4-2,9-13(17)18)10-6-5-7-11(15)8-10/h5-8,12H,3-4,9,16H2,1-2H3,(H,17,18). The number of rotatable bonds is 6. The molecule has 0 radical (unpaired) electrons. The minimum Gasteiger partial charge on any atom is -0.481 e. The molecule has 3 nitrogen and oxygen atoms in total. The molecule has 0 aliphatic heterocycles. The highest BCUT2D eigenvalue weighted by Crippen LogP contribution is 2.36. The zero-order valence-corrected chi connectivity index (χ0v) is 10.8. The van der Waals surface area contributed by atoms with Crippen LogP contribution in [0.4, 0.5) is 4.39 Å². The first-order chi connectivity index (χ1) is 8.46. The van der Waals surface area contributed by atoms with E-state index in [0.717, 1.165) is 0 Å². The first kappa shape index (κ1) is 14.6. The molecule has 0 heterocycles. The number of benzene rings is 1. The van der Waals surface area contributed by atoms with E-state index in [0.29, 0.717) is 18.4 Å². The monoisotopic (exact) mass is 253 g/mol. The van der Waals surface area contributed by atoms with E-state index in [1.165, 1.54) is 12.1 Å². The molecular formula is C14H20FNO2. The molecule has 1 rings (SSSR count). The zero-order chi connectivity index (χ0) is 13.8. The number of carboxylic acid groups (broad SMARTS) is 1. The summed E-state index contributed by atoms with van der Waals surface area (Å²) in [7, 11) is 0. The Morgan fingerprint density at radius 3 is 2.61 bits per heavy atom. The van der Waals surface area contributed by atoms with Gasteiger partial charge in [-0.15, -0.1) is 0 Å². The highest BCUT2D eigenvalue weighted by molar-refractivity contribution is 5.69. The molecule has 0 saturated carbocycles. The molecule has 0 aromatic heterocycles. The number of halogens is 1. The van der Waals surface area contributed by atoms with E-state index < -0.39 is 11.4 Å². The second kappa shape index (κ2) is 5.96. The van der Waals surface area contributed by atoms with Crippen LogP contribution < -0.4 is 5.73 Å². The second-order valence-electron chi connectivity index (χ2n) is 4.61. The molecule has 0 bridgehead atoms. The van der Waals surface area contributed by atoms with Crippen LogP contribution in [0.2, 0.25) is 0 Å².